The number of fused-ring (bicyclic) bond motifs is 3. The predicted molar refractivity (Wildman–Crippen MR) is 125 cm³/mol. The van der Waals surface area contributed by atoms with Crippen molar-refractivity contribution in [2.75, 3.05) is 10.7 Å². The van der Waals surface area contributed by atoms with Crippen LogP contribution in [0.2, 0.25) is 5.02 Å². The summed E-state index contributed by atoms with van der Waals surface area (Å²) in [5.74, 6) is -0.459. The average molecular weight is 550 g/mol. The first-order valence-electron chi connectivity index (χ1n) is 9.92. The first-order valence-corrected chi connectivity index (χ1v) is 12.1. The number of halogens is 2. The highest BCUT2D eigenvalue weighted by atomic mass is 79.9. The fourth-order valence-corrected chi connectivity index (χ4v) is 4.83. The van der Waals surface area contributed by atoms with Gasteiger partial charge in [0.1, 0.15) is 5.75 Å². The quantitative estimate of drug-likeness (QED) is 0.211. The Balaban J connectivity index is 2.10. The molecule has 4 rings (SSSR count). The van der Waals surface area contributed by atoms with E-state index in [2.05, 4.69) is 26.0 Å². The Kier molecular flexibility index (Phi) is 6.60. The zero-order chi connectivity index (χ0) is 23.9. The Morgan fingerprint density at radius 2 is 2.03 bits per heavy atom. The minimum Gasteiger partial charge on any atom is -0.854 e. The summed E-state index contributed by atoms with van der Waals surface area (Å²) in [6.45, 7) is 4.62. The monoisotopic (exact) mass is 548 g/mol. The minimum atomic E-state index is -0.939. The number of carbonyl (C=O) groups excluding carboxylic acids is 2. The molecular formula is C22H18BrClN4O4S. The number of amides is 1. The van der Waals surface area contributed by atoms with Gasteiger partial charge in [0.05, 0.1) is 22.7 Å². The van der Waals surface area contributed by atoms with Crippen molar-refractivity contribution < 1.29 is 24.1 Å². The lowest BCUT2D eigenvalue weighted by atomic mass is 10.0. The predicted octanol–water partition coefficient (Wildman–Crippen LogP) is 3.87. The number of esters is 1. The van der Waals surface area contributed by atoms with Gasteiger partial charge in [-0.05, 0) is 42.2 Å². The number of hydrogen-bond acceptors (Lipinski definition) is 7. The Bertz CT molecular complexity index is 1290. The van der Waals surface area contributed by atoms with Crippen molar-refractivity contribution >= 4 is 56.9 Å². The van der Waals surface area contributed by atoms with E-state index in [-0.39, 0.29) is 22.5 Å². The van der Waals surface area contributed by atoms with Crippen LogP contribution in [0, 0.1) is 0 Å². The molecule has 0 spiro atoms. The lowest BCUT2D eigenvalue weighted by Gasteiger charge is -2.33. The van der Waals surface area contributed by atoms with Gasteiger partial charge in [0.15, 0.2) is 0 Å². The summed E-state index contributed by atoms with van der Waals surface area (Å²) in [7, 11) is 0. The van der Waals surface area contributed by atoms with E-state index in [4.69, 9.17) is 16.3 Å². The summed E-state index contributed by atoms with van der Waals surface area (Å²) in [4.78, 5) is 30.4. The lowest BCUT2D eigenvalue weighted by Crippen LogP contribution is -2.58. The molecule has 0 radical (unpaired) electrons. The maximum Gasteiger partial charge on any atom is 0.308 e. The molecule has 3 aromatic rings. The van der Waals surface area contributed by atoms with Crippen molar-refractivity contribution in [3.63, 3.8) is 0 Å². The molecule has 11 heteroatoms. The molecule has 0 fully saturated rings. The van der Waals surface area contributed by atoms with E-state index in [0.29, 0.717) is 27.6 Å². The molecule has 1 aliphatic rings. The van der Waals surface area contributed by atoms with Crippen LogP contribution >= 0.6 is 39.3 Å². The van der Waals surface area contributed by atoms with Crippen LogP contribution in [-0.2, 0) is 9.59 Å². The third kappa shape index (κ3) is 4.42. The van der Waals surface area contributed by atoms with Gasteiger partial charge in [-0.3, -0.25) is 9.59 Å². The number of hydrogen-bond donors (Lipinski definition) is 0. The normalized spacial score (nSPS) is 14.5. The van der Waals surface area contributed by atoms with Gasteiger partial charge in [-0.25, -0.2) is 9.88 Å². The number of nitrogens with zero attached hydrogens (tertiary/aromatic N) is 4. The van der Waals surface area contributed by atoms with Crippen molar-refractivity contribution in [2.45, 2.75) is 32.1 Å². The van der Waals surface area contributed by atoms with E-state index in [0.717, 1.165) is 4.47 Å². The second-order valence-electron chi connectivity index (χ2n) is 7.13. The molecule has 0 saturated heterocycles. The molecule has 33 heavy (non-hydrogen) atoms. The summed E-state index contributed by atoms with van der Waals surface area (Å²) in [5.41, 5.74) is 1.62. The molecule has 0 saturated carbocycles. The highest BCUT2D eigenvalue weighted by Crippen LogP contribution is 2.44. The number of ether oxygens (including phenoxy) is 1. The summed E-state index contributed by atoms with van der Waals surface area (Å²) in [5, 5.41) is 18.5. The van der Waals surface area contributed by atoms with E-state index in [1.54, 1.807) is 36.4 Å². The van der Waals surface area contributed by atoms with Gasteiger partial charge in [0.25, 0.3) is 17.0 Å². The van der Waals surface area contributed by atoms with Crippen molar-refractivity contribution in [3.8, 4) is 22.9 Å². The Morgan fingerprint density at radius 1 is 1.27 bits per heavy atom. The highest BCUT2D eigenvalue weighted by Gasteiger charge is 2.45. The van der Waals surface area contributed by atoms with Crippen LogP contribution in [0.25, 0.3) is 11.3 Å². The fourth-order valence-electron chi connectivity index (χ4n) is 3.74. The number of aromatic nitrogens is 3. The lowest BCUT2D eigenvalue weighted by molar-refractivity contribution is -0.764. The first-order chi connectivity index (χ1) is 15.7. The van der Waals surface area contributed by atoms with Crippen molar-refractivity contribution in [1.82, 2.24) is 10.1 Å². The van der Waals surface area contributed by atoms with Gasteiger partial charge in [0.2, 0.25) is 5.91 Å². The number of anilines is 1. The first kappa shape index (κ1) is 23.5. The number of carbonyl (C=O) groups is 2. The smallest absolute Gasteiger partial charge is 0.308 e. The van der Waals surface area contributed by atoms with Crippen LogP contribution in [-0.4, -0.2) is 27.7 Å². The molecule has 1 amide bonds. The average Bonchev–Trinajstić information content (AvgIpc) is 2.73. The van der Waals surface area contributed by atoms with Crippen LogP contribution in [0.5, 0.6) is 11.6 Å². The van der Waals surface area contributed by atoms with Crippen molar-refractivity contribution in [3.05, 3.63) is 51.5 Å². The van der Waals surface area contributed by atoms with Crippen LogP contribution in [0.3, 0.4) is 0 Å². The third-order valence-electron chi connectivity index (χ3n) is 4.89. The molecule has 0 N–H and O–H groups in total. The van der Waals surface area contributed by atoms with E-state index >= 15 is 0 Å². The second kappa shape index (κ2) is 9.28. The van der Waals surface area contributed by atoms with Gasteiger partial charge in [-0.1, -0.05) is 50.9 Å². The van der Waals surface area contributed by atoms with Gasteiger partial charge in [-0.2, -0.15) is 0 Å². The number of rotatable bonds is 4. The molecule has 2 heterocycles. The van der Waals surface area contributed by atoms with Crippen LogP contribution in [0.1, 0.15) is 32.5 Å². The summed E-state index contributed by atoms with van der Waals surface area (Å²) >= 11 is 11.0. The minimum absolute atomic E-state index is 0.206. The number of benzene rings is 2. The molecule has 1 unspecified atom stereocenters. The Hall–Kier alpha value is -2.69. The second-order valence-corrected chi connectivity index (χ2v) is 9.71. The van der Waals surface area contributed by atoms with Crippen LogP contribution in [0.15, 0.2) is 46.0 Å². The summed E-state index contributed by atoms with van der Waals surface area (Å²) in [6.07, 6.45) is -0.939. The van der Waals surface area contributed by atoms with Gasteiger partial charge >= 0.3 is 5.97 Å². The highest BCUT2D eigenvalue weighted by molar-refractivity contribution is 9.10. The number of thioether (sulfide) groups is 1. The van der Waals surface area contributed by atoms with Gasteiger partial charge in [-0.15, -0.1) is 0 Å². The topological polar surface area (TPSA) is 99.3 Å². The maximum absolute atomic E-state index is 13.2. The zero-order valence-corrected chi connectivity index (χ0v) is 21.0. The molecule has 2 aromatic carbocycles. The molecule has 1 atom stereocenters. The molecular weight excluding hydrogens is 532 g/mol. The SMILES string of the molecule is CCSc1nc([O-])c2[n+](n1)C(c1cc(Cl)ccc1OC(C)=O)N(C(C)=O)c1ccc(Br)cc1-2. The third-order valence-corrected chi connectivity index (χ3v) is 6.34. The zero-order valence-electron chi connectivity index (χ0n) is 17.8. The maximum atomic E-state index is 13.2. The standard InChI is InChI=1S/C22H18BrClN4O4S/c1-4-33-22-25-20(31)19-15-9-13(23)5-7-17(15)27(11(2)29)21(28(19)26-22)16-10-14(24)6-8-18(16)32-12(3)30/h5-10,21H,4H2,1-3H3. The summed E-state index contributed by atoms with van der Waals surface area (Å²) < 4.78 is 7.62. The van der Waals surface area contributed by atoms with E-state index < -0.39 is 18.0 Å². The van der Waals surface area contributed by atoms with Gasteiger partial charge < -0.3 is 9.84 Å². The molecule has 8 nitrogen and oxygen atoms in total. The molecule has 0 bridgehead atoms. The van der Waals surface area contributed by atoms with Crippen LogP contribution in [0.4, 0.5) is 5.69 Å². The van der Waals surface area contributed by atoms with E-state index in [1.165, 1.54) is 35.2 Å². The van der Waals surface area contributed by atoms with Crippen molar-refractivity contribution in [2.24, 2.45) is 0 Å². The van der Waals surface area contributed by atoms with E-state index in [1.807, 2.05) is 6.92 Å². The molecule has 1 aromatic heterocycles. The molecule has 1 aliphatic heterocycles. The van der Waals surface area contributed by atoms with E-state index in [9.17, 15) is 14.7 Å². The largest absolute Gasteiger partial charge is 0.854 e. The molecule has 170 valence electrons. The fraction of sp³-hybridized carbons (Fsp3) is 0.227. The van der Waals surface area contributed by atoms with Gasteiger partial charge in [0, 0.05) is 28.4 Å². The van der Waals surface area contributed by atoms with Crippen molar-refractivity contribution in [1.29, 1.82) is 0 Å². The summed E-state index contributed by atoms with van der Waals surface area (Å²) in [6, 6.07) is 9.99. The Labute approximate surface area is 207 Å². The van der Waals surface area contributed by atoms with Crippen LogP contribution < -0.4 is 19.4 Å². The Morgan fingerprint density at radius 3 is 2.70 bits per heavy atom. The molecule has 0 aliphatic carbocycles.